The second-order valence-electron chi connectivity index (χ2n) is 13.9. The summed E-state index contributed by atoms with van der Waals surface area (Å²) >= 11 is 0. The largest absolute Gasteiger partial charge is 0.339 e. The van der Waals surface area contributed by atoms with Crippen molar-refractivity contribution in [2.75, 3.05) is 11.4 Å². The first-order valence-corrected chi connectivity index (χ1v) is 15.1. The molecule has 0 atom stereocenters. The number of carbonyl (C=O) groups is 1. The van der Waals surface area contributed by atoms with Crippen LogP contribution < -0.4 is 10.5 Å². The Morgan fingerprint density at radius 2 is 1.71 bits per heavy atom. The fourth-order valence-corrected chi connectivity index (χ4v) is 7.09. The number of benzene rings is 1. The van der Waals surface area contributed by atoms with E-state index in [0.717, 1.165) is 61.5 Å². The molecule has 224 valence electrons. The van der Waals surface area contributed by atoms with Gasteiger partial charge in [0.1, 0.15) is 0 Å². The van der Waals surface area contributed by atoms with Crippen molar-refractivity contribution >= 4 is 11.6 Å². The van der Waals surface area contributed by atoms with Gasteiger partial charge in [-0.2, -0.15) is 10.1 Å². The Morgan fingerprint density at radius 3 is 2.33 bits per heavy atom. The molecule has 1 aromatic carbocycles. The first-order valence-electron chi connectivity index (χ1n) is 15.1. The number of nitrogens with zero attached hydrogens (tertiary/aromatic N) is 4. The minimum Gasteiger partial charge on any atom is -0.339 e. The zero-order valence-corrected chi connectivity index (χ0v) is 24.6. The Hall–Kier alpha value is -3.43. The molecule has 7 rings (SSSR count). The van der Waals surface area contributed by atoms with E-state index in [9.17, 15) is 18.4 Å². The Kier molecular flexibility index (Phi) is 7.09. The molecule has 0 spiro atoms. The molecule has 4 saturated carbocycles. The zero-order valence-electron chi connectivity index (χ0n) is 24.6. The fraction of sp³-hybridized carbons (Fsp3) is 0.594. The summed E-state index contributed by atoms with van der Waals surface area (Å²) in [6, 6.07) is 9.04. The van der Waals surface area contributed by atoms with Gasteiger partial charge in [0.05, 0.1) is 6.20 Å². The number of alkyl halides is 2. The van der Waals surface area contributed by atoms with Crippen LogP contribution in [0.15, 0.2) is 45.8 Å². The number of anilines is 1. The van der Waals surface area contributed by atoms with Crippen LogP contribution in [0.4, 0.5) is 14.5 Å². The summed E-state index contributed by atoms with van der Waals surface area (Å²) < 4.78 is 33.8. The average Bonchev–Trinajstić information content (AvgIpc) is 3.49. The Balaban J connectivity index is 1.27. The van der Waals surface area contributed by atoms with Crippen LogP contribution in [0.3, 0.4) is 0 Å². The number of nitrogens with one attached hydrogen (secondary N) is 1. The molecule has 1 N–H and O–H groups in total. The number of fused-ring (bicyclic) bond motifs is 3. The number of amides is 1. The van der Waals surface area contributed by atoms with Gasteiger partial charge < -0.3 is 9.42 Å². The van der Waals surface area contributed by atoms with Crippen LogP contribution in [0.25, 0.3) is 11.1 Å². The molecule has 0 saturated heterocycles. The van der Waals surface area contributed by atoms with Crippen molar-refractivity contribution in [2.24, 2.45) is 11.3 Å². The van der Waals surface area contributed by atoms with Crippen LogP contribution in [0.1, 0.15) is 96.7 Å². The number of hydrogen-bond donors (Lipinski definition) is 1. The topological polar surface area (TPSA) is 105 Å². The van der Waals surface area contributed by atoms with Gasteiger partial charge >= 0.3 is 0 Å². The van der Waals surface area contributed by atoms with Crippen molar-refractivity contribution < 1.29 is 18.1 Å². The molecule has 2 aromatic heterocycles. The molecule has 0 unspecified atom stereocenters. The van der Waals surface area contributed by atoms with E-state index < -0.39 is 11.8 Å². The smallest absolute Gasteiger partial charge is 0.264 e. The number of hydrogen-bond acceptors (Lipinski definition) is 6. The predicted molar refractivity (Wildman–Crippen MR) is 154 cm³/mol. The average molecular weight is 580 g/mol. The first-order chi connectivity index (χ1) is 19.9. The van der Waals surface area contributed by atoms with Crippen molar-refractivity contribution in [3.05, 3.63) is 58.6 Å². The van der Waals surface area contributed by atoms with E-state index in [4.69, 9.17) is 9.51 Å². The van der Waals surface area contributed by atoms with E-state index in [1.807, 2.05) is 29.2 Å². The minimum absolute atomic E-state index is 0.0790. The molecule has 0 aliphatic heterocycles. The van der Waals surface area contributed by atoms with Crippen LogP contribution in [-0.4, -0.2) is 38.7 Å². The highest BCUT2D eigenvalue weighted by Gasteiger charge is 2.53. The highest BCUT2D eigenvalue weighted by atomic mass is 19.3. The van der Waals surface area contributed by atoms with Gasteiger partial charge in [-0.3, -0.25) is 9.59 Å². The summed E-state index contributed by atoms with van der Waals surface area (Å²) in [7, 11) is 0. The quantitative estimate of drug-likeness (QED) is 0.354. The number of halogens is 2. The lowest BCUT2D eigenvalue weighted by Gasteiger charge is -2.53. The third-order valence-electron chi connectivity index (χ3n) is 9.93. The summed E-state index contributed by atoms with van der Waals surface area (Å²) in [5.41, 5.74) is 1.44. The molecule has 4 aliphatic carbocycles. The van der Waals surface area contributed by atoms with Crippen LogP contribution in [0.2, 0.25) is 0 Å². The second kappa shape index (κ2) is 10.4. The molecule has 3 aromatic rings. The third-order valence-corrected chi connectivity index (χ3v) is 9.93. The van der Waals surface area contributed by atoms with Gasteiger partial charge in [0, 0.05) is 53.5 Å². The van der Waals surface area contributed by atoms with E-state index >= 15 is 0 Å². The van der Waals surface area contributed by atoms with Crippen LogP contribution in [0, 0.1) is 11.3 Å². The van der Waals surface area contributed by atoms with Gasteiger partial charge in [-0.25, -0.2) is 13.9 Å². The number of H-pyrrole nitrogens is 1. The molecule has 1 amide bonds. The Morgan fingerprint density at radius 1 is 1.02 bits per heavy atom. The molecule has 8 nitrogen and oxygen atoms in total. The molecule has 4 aliphatic rings. The maximum atomic E-state index is 14.1. The van der Waals surface area contributed by atoms with Crippen molar-refractivity contribution in [1.29, 1.82) is 0 Å². The summed E-state index contributed by atoms with van der Waals surface area (Å²) in [6.45, 7) is 6.76. The predicted octanol–water partition coefficient (Wildman–Crippen LogP) is 6.57. The van der Waals surface area contributed by atoms with Gasteiger partial charge in [-0.05, 0) is 74.5 Å². The number of rotatable bonds is 6. The van der Waals surface area contributed by atoms with E-state index in [0.29, 0.717) is 12.1 Å². The van der Waals surface area contributed by atoms with Crippen molar-refractivity contribution in [1.82, 2.24) is 20.3 Å². The van der Waals surface area contributed by atoms with Crippen LogP contribution in [0.5, 0.6) is 0 Å². The van der Waals surface area contributed by atoms with Crippen molar-refractivity contribution in [3.8, 4) is 11.1 Å². The lowest BCUT2D eigenvalue weighted by molar-refractivity contribution is -0.127. The summed E-state index contributed by atoms with van der Waals surface area (Å²) in [4.78, 5) is 32.7. The van der Waals surface area contributed by atoms with Crippen molar-refractivity contribution in [2.45, 2.75) is 102 Å². The van der Waals surface area contributed by atoms with Crippen molar-refractivity contribution in [3.63, 3.8) is 0 Å². The number of aromatic nitrogens is 4. The molecule has 10 heteroatoms. The highest BCUT2D eigenvalue weighted by molar-refractivity contribution is 5.96. The van der Waals surface area contributed by atoms with Gasteiger partial charge in [-0.15, -0.1) is 0 Å². The second-order valence-corrected chi connectivity index (χ2v) is 13.9. The molecular formula is C32H39F2N5O3. The number of aromatic amines is 1. The van der Waals surface area contributed by atoms with Crippen LogP contribution in [-0.2, 0) is 15.6 Å². The fourth-order valence-electron chi connectivity index (χ4n) is 7.09. The monoisotopic (exact) mass is 579 g/mol. The Labute approximate surface area is 244 Å². The minimum atomic E-state index is -2.70. The molecular weight excluding hydrogens is 540 g/mol. The molecule has 2 bridgehead atoms. The maximum Gasteiger partial charge on any atom is 0.264 e. The SMILES string of the molecule is CC(C)(C)c1noc(C23CCC(CN(C(=O)C4CCC(F)(F)CC4)c4cccc(-c5cn[nH]c(=O)c5)c4)(CC2)CC3)n1. The molecule has 2 heterocycles. The van der Waals surface area contributed by atoms with Gasteiger partial charge in [0.2, 0.25) is 17.7 Å². The van der Waals surface area contributed by atoms with E-state index in [2.05, 4.69) is 36.1 Å². The normalized spacial score (nSPS) is 25.8. The van der Waals surface area contributed by atoms with E-state index in [1.165, 1.54) is 6.07 Å². The maximum absolute atomic E-state index is 14.1. The lowest BCUT2D eigenvalue weighted by Crippen LogP contribution is -2.52. The number of carbonyl (C=O) groups excluding carboxylic acids is 1. The van der Waals surface area contributed by atoms with E-state index in [1.54, 1.807) is 6.20 Å². The summed E-state index contributed by atoms with van der Waals surface area (Å²) in [6.07, 6.45) is 6.93. The standard InChI is InChI=1S/C32H39F2N5O3/c1-29(2,3)27-36-28(42-38-27)31-14-11-30(12-15-31,13-16-31)20-39(26(41)21-7-9-32(33,34)10-8-21)24-6-4-5-22(17-24)23-18-25(40)37-35-19-23/h4-6,17-19,21H,7-16,20H2,1-3H3,(H,37,40). The molecule has 0 radical (unpaired) electrons. The zero-order chi connectivity index (χ0) is 29.8. The Bertz CT molecular complexity index is 1490. The summed E-state index contributed by atoms with van der Waals surface area (Å²) in [5.74, 6) is -1.78. The van der Waals surface area contributed by atoms with Gasteiger partial charge in [-0.1, -0.05) is 38.1 Å². The van der Waals surface area contributed by atoms with E-state index in [-0.39, 0.29) is 53.4 Å². The van der Waals surface area contributed by atoms with Crippen LogP contribution >= 0.6 is 0 Å². The summed E-state index contributed by atoms with van der Waals surface area (Å²) in [5, 5.41) is 10.6. The van der Waals surface area contributed by atoms with Gasteiger partial charge in [0.15, 0.2) is 5.82 Å². The molecule has 4 fully saturated rings. The first kappa shape index (κ1) is 28.7. The van der Waals surface area contributed by atoms with Gasteiger partial charge in [0.25, 0.3) is 5.56 Å². The third kappa shape index (κ3) is 5.52. The molecule has 42 heavy (non-hydrogen) atoms. The lowest BCUT2D eigenvalue weighted by atomic mass is 9.53. The highest BCUT2D eigenvalue weighted by Crippen LogP contribution is 2.58.